The van der Waals surface area contributed by atoms with Crippen molar-refractivity contribution >= 4 is 28.0 Å². The lowest BCUT2D eigenvalue weighted by Gasteiger charge is -2.02. The summed E-state index contributed by atoms with van der Waals surface area (Å²) < 4.78 is 22.3. The van der Waals surface area contributed by atoms with Gasteiger partial charge >= 0.3 is 0 Å². The molecule has 0 saturated carbocycles. The number of benzene rings is 2. The second-order valence-electron chi connectivity index (χ2n) is 4.74. The lowest BCUT2D eigenvalue weighted by Crippen LogP contribution is -2.11. The lowest BCUT2D eigenvalue weighted by atomic mass is 10.1. The molecule has 5 nitrogen and oxygen atoms in total. The minimum absolute atomic E-state index is 0.0715. The molecule has 3 N–H and O–H groups in total. The van der Waals surface area contributed by atoms with Crippen LogP contribution < -0.4 is 10.6 Å². The molecule has 0 heterocycles. The van der Waals surface area contributed by atoms with Crippen LogP contribution in [0.2, 0.25) is 0 Å². The first-order valence-electron chi connectivity index (χ1n) is 6.60. The Bertz CT molecular complexity index is 780. The van der Waals surface area contributed by atoms with Crippen molar-refractivity contribution in [1.29, 1.82) is 0 Å². The highest BCUT2D eigenvalue weighted by atomic mass is 32.2. The monoisotopic (exact) mass is 315 g/mol. The molecule has 0 spiro atoms. The number of nitrogens with zero attached hydrogens (tertiary/aromatic N) is 1. The zero-order valence-electron chi connectivity index (χ0n) is 12.1. The molecule has 22 heavy (non-hydrogen) atoms. The Morgan fingerprint density at radius 3 is 2.32 bits per heavy atom. The molecule has 2 aromatic carbocycles. The number of hydrogen-bond donors (Lipinski definition) is 2. The van der Waals surface area contributed by atoms with Crippen LogP contribution in [0.15, 0.2) is 70.2 Å². The lowest BCUT2D eigenvalue weighted by molar-refractivity contribution is 0.598. The normalized spacial score (nSPS) is 12.5. The van der Waals surface area contributed by atoms with Gasteiger partial charge in [-0.2, -0.15) is 5.10 Å². The van der Waals surface area contributed by atoms with Gasteiger partial charge < -0.3 is 0 Å². The van der Waals surface area contributed by atoms with E-state index in [1.165, 1.54) is 12.1 Å². The third-order valence-electron chi connectivity index (χ3n) is 2.84. The summed E-state index contributed by atoms with van der Waals surface area (Å²) in [5, 5.41) is 9.14. The number of nitrogens with two attached hydrogens (primary N) is 1. The molecule has 0 bridgehead atoms. The van der Waals surface area contributed by atoms with Crippen LogP contribution in [0, 0.1) is 0 Å². The van der Waals surface area contributed by atoms with E-state index >= 15 is 0 Å². The number of rotatable bonds is 5. The average Bonchev–Trinajstić information content (AvgIpc) is 2.48. The second kappa shape index (κ2) is 7.02. The summed E-state index contributed by atoms with van der Waals surface area (Å²) in [5.74, 6) is 0. The van der Waals surface area contributed by atoms with Crippen molar-refractivity contribution in [2.45, 2.75) is 11.8 Å². The van der Waals surface area contributed by atoms with Crippen molar-refractivity contribution in [1.82, 2.24) is 0 Å². The molecule has 0 aromatic heterocycles. The van der Waals surface area contributed by atoms with Crippen molar-refractivity contribution in [2.24, 2.45) is 10.2 Å². The third kappa shape index (κ3) is 4.83. The summed E-state index contributed by atoms with van der Waals surface area (Å²) >= 11 is 0. The molecule has 114 valence electrons. The summed E-state index contributed by atoms with van der Waals surface area (Å²) in [4.78, 5) is 0.0715. The molecule has 2 aromatic rings. The van der Waals surface area contributed by atoms with Gasteiger partial charge in [-0.15, -0.1) is 0 Å². The largest absolute Gasteiger partial charge is 0.279 e. The molecule has 6 heteroatoms. The fraction of sp³-hybridized carbons (Fsp3) is 0.0625. The van der Waals surface area contributed by atoms with Crippen LogP contribution in [0.1, 0.15) is 12.5 Å². The van der Waals surface area contributed by atoms with E-state index < -0.39 is 10.0 Å². The summed E-state index contributed by atoms with van der Waals surface area (Å²) in [5.41, 5.74) is 5.60. The first kappa shape index (κ1) is 15.9. The summed E-state index contributed by atoms with van der Waals surface area (Å²) in [6, 6.07) is 16.0. The molecule has 0 atom stereocenters. The fourth-order valence-electron chi connectivity index (χ4n) is 1.78. The molecule has 0 fully saturated rings. The number of anilines is 1. The van der Waals surface area contributed by atoms with Gasteiger partial charge in [-0.3, -0.25) is 5.43 Å². The van der Waals surface area contributed by atoms with Gasteiger partial charge in [-0.25, -0.2) is 13.6 Å². The Hall–Kier alpha value is -2.44. The van der Waals surface area contributed by atoms with Gasteiger partial charge in [0.25, 0.3) is 0 Å². The topological polar surface area (TPSA) is 84.5 Å². The maximum absolute atomic E-state index is 11.1. The maximum Gasteiger partial charge on any atom is 0.238 e. The Labute approximate surface area is 130 Å². The van der Waals surface area contributed by atoms with Gasteiger partial charge in [-0.05, 0) is 42.3 Å². The van der Waals surface area contributed by atoms with Crippen LogP contribution in [0.3, 0.4) is 0 Å². The van der Waals surface area contributed by atoms with E-state index in [-0.39, 0.29) is 4.90 Å². The van der Waals surface area contributed by atoms with Crippen LogP contribution >= 0.6 is 0 Å². The van der Waals surface area contributed by atoms with Gasteiger partial charge in [0.2, 0.25) is 10.0 Å². The molecule has 2 rings (SSSR count). The van der Waals surface area contributed by atoms with E-state index in [0.29, 0.717) is 5.69 Å². The quantitative estimate of drug-likeness (QED) is 0.657. The summed E-state index contributed by atoms with van der Waals surface area (Å²) in [6.07, 6.45) is 3.70. The van der Waals surface area contributed by atoms with E-state index in [9.17, 15) is 8.42 Å². The highest BCUT2D eigenvalue weighted by molar-refractivity contribution is 7.89. The second-order valence-corrected chi connectivity index (χ2v) is 6.30. The molecule has 0 saturated heterocycles. The number of hydrazone groups is 1. The first-order valence-corrected chi connectivity index (χ1v) is 8.15. The predicted octanol–water partition coefficient (Wildman–Crippen LogP) is 2.84. The van der Waals surface area contributed by atoms with Crippen LogP contribution in [0.25, 0.3) is 6.08 Å². The fourth-order valence-corrected chi connectivity index (χ4v) is 2.29. The molecule has 0 aliphatic rings. The Morgan fingerprint density at radius 1 is 1.09 bits per heavy atom. The van der Waals surface area contributed by atoms with Crippen molar-refractivity contribution in [3.63, 3.8) is 0 Å². The minimum Gasteiger partial charge on any atom is -0.279 e. The number of hydrogen-bond acceptors (Lipinski definition) is 4. The van der Waals surface area contributed by atoms with Crippen molar-refractivity contribution < 1.29 is 8.42 Å². The zero-order chi connectivity index (χ0) is 16.0. The van der Waals surface area contributed by atoms with Crippen LogP contribution in [0.4, 0.5) is 5.69 Å². The zero-order valence-corrected chi connectivity index (χ0v) is 12.9. The van der Waals surface area contributed by atoms with E-state index in [1.54, 1.807) is 18.3 Å². The van der Waals surface area contributed by atoms with Crippen molar-refractivity contribution in [3.8, 4) is 0 Å². The maximum atomic E-state index is 11.1. The van der Waals surface area contributed by atoms with Gasteiger partial charge in [0.1, 0.15) is 0 Å². The molecule has 0 radical (unpaired) electrons. The standard InChI is InChI=1S/C16H17N3O2S/c1-13(11-14-5-3-2-4-6-14)12-18-19-15-7-9-16(10-8-15)22(17,20)21/h2-12,19H,1H3,(H2,17,20,21)/b13-11+,18-12-. The van der Waals surface area contributed by atoms with Gasteiger partial charge in [-0.1, -0.05) is 36.4 Å². The van der Waals surface area contributed by atoms with E-state index in [1.807, 2.05) is 43.3 Å². The molecule has 0 aliphatic carbocycles. The highest BCUT2D eigenvalue weighted by Crippen LogP contribution is 2.12. The Balaban J connectivity index is 1.99. The SMILES string of the molecule is CC(/C=N\Nc1ccc(S(N)(=O)=O)cc1)=C\c1ccccc1. The Kier molecular flexibility index (Phi) is 5.08. The van der Waals surface area contributed by atoms with Crippen molar-refractivity contribution in [2.75, 3.05) is 5.43 Å². The van der Waals surface area contributed by atoms with Crippen molar-refractivity contribution in [3.05, 3.63) is 65.7 Å². The summed E-state index contributed by atoms with van der Waals surface area (Å²) in [6.45, 7) is 1.95. The van der Waals surface area contributed by atoms with E-state index in [2.05, 4.69) is 10.5 Å². The molecule has 0 amide bonds. The first-order chi connectivity index (χ1) is 10.4. The van der Waals surface area contributed by atoms with Crippen LogP contribution in [-0.2, 0) is 10.0 Å². The number of allylic oxidation sites excluding steroid dienone is 1. The van der Waals surface area contributed by atoms with E-state index in [4.69, 9.17) is 5.14 Å². The third-order valence-corrected chi connectivity index (χ3v) is 3.77. The average molecular weight is 315 g/mol. The summed E-state index contributed by atoms with van der Waals surface area (Å²) in [7, 11) is -3.66. The highest BCUT2D eigenvalue weighted by Gasteiger charge is 2.05. The smallest absolute Gasteiger partial charge is 0.238 e. The minimum atomic E-state index is -3.66. The number of sulfonamides is 1. The number of primary sulfonamides is 1. The van der Waals surface area contributed by atoms with Crippen LogP contribution in [-0.4, -0.2) is 14.6 Å². The van der Waals surface area contributed by atoms with Crippen LogP contribution in [0.5, 0.6) is 0 Å². The molecule has 0 aliphatic heterocycles. The van der Waals surface area contributed by atoms with Gasteiger partial charge in [0, 0.05) is 0 Å². The predicted molar refractivity (Wildman–Crippen MR) is 90.0 cm³/mol. The van der Waals surface area contributed by atoms with Gasteiger partial charge in [0.05, 0.1) is 16.8 Å². The molecular formula is C16H17N3O2S. The number of nitrogens with one attached hydrogen (secondary N) is 1. The van der Waals surface area contributed by atoms with Gasteiger partial charge in [0.15, 0.2) is 0 Å². The van der Waals surface area contributed by atoms with E-state index in [0.717, 1.165) is 11.1 Å². The molecular weight excluding hydrogens is 298 g/mol. The molecule has 0 unspecified atom stereocenters. The Morgan fingerprint density at radius 2 is 1.73 bits per heavy atom.